The Labute approximate surface area is 166 Å². The van der Waals surface area contributed by atoms with Gasteiger partial charge in [-0.15, -0.1) is 0 Å². The van der Waals surface area contributed by atoms with E-state index in [-0.39, 0.29) is 17.1 Å². The first-order chi connectivity index (χ1) is 13.5. The number of hydrogen-bond donors (Lipinski definition) is 1. The number of piperidine rings is 1. The zero-order valence-corrected chi connectivity index (χ0v) is 15.6. The van der Waals surface area contributed by atoms with Gasteiger partial charge in [0, 0.05) is 35.8 Å². The molecule has 0 radical (unpaired) electrons. The van der Waals surface area contributed by atoms with Crippen molar-refractivity contribution < 1.29 is 19.0 Å². The van der Waals surface area contributed by atoms with Crippen molar-refractivity contribution in [2.75, 3.05) is 13.1 Å². The third kappa shape index (κ3) is 3.79. The number of likely N-dealkylation sites (tertiary alicyclic amines) is 1. The van der Waals surface area contributed by atoms with Gasteiger partial charge in [-0.2, -0.15) is 0 Å². The van der Waals surface area contributed by atoms with Crippen LogP contribution in [-0.4, -0.2) is 46.2 Å². The number of benzene rings is 2. The second-order valence-electron chi connectivity index (χ2n) is 6.77. The summed E-state index contributed by atoms with van der Waals surface area (Å²) in [4.78, 5) is 18.1. The highest BCUT2D eigenvalue weighted by Gasteiger charge is 2.32. The quantitative estimate of drug-likeness (QED) is 0.728. The number of carbonyl (C=O) groups excluding carboxylic acids is 1. The van der Waals surface area contributed by atoms with E-state index >= 15 is 0 Å². The van der Waals surface area contributed by atoms with Gasteiger partial charge in [-0.3, -0.25) is 9.78 Å². The highest BCUT2D eigenvalue weighted by atomic mass is 35.5. The summed E-state index contributed by atoms with van der Waals surface area (Å²) in [5, 5.41) is 12.7. The van der Waals surface area contributed by atoms with Gasteiger partial charge < -0.3 is 14.7 Å². The first-order valence-corrected chi connectivity index (χ1v) is 9.32. The molecule has 1 N–H and O–H groups in total. The number of rotatable bonds is 3. The maximum absolute atomic E-state index is 14.0. The van der Waals surface area contributed by atoms with Crippen LogP contribution in [0.15, 0.2) is 54.9 Å². The number of aliphatic hydroxyl groups is 1. The number of nitrogens with zero attached hydrogens (tertiary/aromatic N) is 2. The SMILES string of the molecule is O=C(c1ccc(Cl)cc1F)N1CC[C@@H](Oc2ccc3ccncc3c2)[C@H](O)C1. The third-order valence-corrected chi connectivity index (χ3v) is 5.10. The highest BCUT2D eigenvalue weighted by molar-refractivity contribution is 6.30. The molecule has 144 valence electrons. The molecule has 1 saturated heterocycles. The Morgan fingerprint density at radius 2 is 2.07 bits per heavy atom. The standard InChI is InChI=1S/C21H18ClFN2O3/c22-15-2-4-17(18(23)10-15)21(27)25-8-6-20(19(26)12-25)28-16-3-1-13-5-7-24-11-14(13)9-16/h1-5,7,9-11,19-20,26H,6,8,12H2/t19-,20-/m1/s1. The van der Waals surface area contributed by atoms with E-state index in [1.807, 2.05) is 24.3 Å². The first-order valence-electron chi connectivity index (χ1n) is 8.94. The summed E-state index contributed by atoms with van der Waals surface area (Å²) in [6.45, 7) is 0.429. The minimum Gasteiger partial charge on any atom is -0.488 e. The molecule has 5 nitrogen and oxygen atoms in total. The van der Waals surface area contributed by atoms with Crippen LogP contribution >= 0.6 is 11.6 Å². The highest BCUT2D eigenvalue weighted by Crippen LogP contribution is 2.25. The number of halogens is 2. The van der Waals surface area contributed by atoms with Crippen molar-refractivity contribution in [2.45, 2.75) is 18.6 Å². The molecule has 0 spiro atoms. The van der Waals surface area contributed by atoms with Crippen molar-refractivity contribution >= 4 is 28.3 Å². The minimum atomic E-state index is -0.877. The first kappa shape index (κ1) is 18.7. The summed E-state index contributed by atoms with van der Waals surface area (Å²) >= 11 is 5.74. The Kier molecular flexibility index (Phi) is 5.15. The van der Waals surface area contributed by atoms with Crippen molar-refractivity contribution in [3.05, 3.63) is 71.3 Å². The zero-order chi connectivity index (χ0) is 19.7. The van der Waals surface area contributed by atoms with Gasteiger partial charge in [0.05, 0.1) is 12.1 Å². The van der Waals surface area contributed by atoms with Crippen LogP contribution in [0.4, 0.5) is 4.39 Å². The lowest BCUT2D eigenvalue weighted by Gasteiger charge is -2.36. The molecule has 0 unspecified atom stereocenters. The van der Waals surface area contributed by atoms with Crippen LogP contribution in [0.2, 0.25) is 5.02 Å². The molecule has 1 aliphatic heterocycles. The van der Waals surface area contributed by atoms with Gasteiger partial charge in [-0.1, -0.05) is 17.7 Å². The third-order valence-electron chi connectivity index (χ3n) is 4.87. The van der Waals surface area contributed by atoms with Gasteiger partial charge in [-0.05, 0) is 41.8 Å². The molecule has 28 heavy (non-hydrogen) atoms. The lowest BCUT2D eigenvalue weighted by atomic mass is 10.0. The van der Waals surface area contributed by atoms with Gasteiger partial charge >= 0.3 is 0 Å². The Bertz CT molecular complexity index is 1030. The van der Waals surface area contributed by atoms with E-state index in [4.69, 9.17) is 16.3 Å². The van der Waals surface area contributed by atoms with Crippen molar-refractivity contribution in [1.82, 2.24) is 9.88 Å². The summed E-state index contributed by atoms with van der Waals surface area (Å²) in [5.41, 5.74) is -0.0574. The number of ether oxygens (including phenoxy) is 1. The van der Waals surface area contributed by atoms with E-state index in [0.717, 1.165) is 16.8 Å². The topological polar surface area (TPSA) is 62.7 Å². The fraction of sp³-hybridized carbons (Fsp3) is 0.238. The fourth-order valence-electron chi connectivity index (χ4n) is 3.38. The molecule has 2 aromatic carbocycles. The minimum absolute atomic E-state index is 0.0574. The van der Waals surface area contributed by atoms with E-state index in [0.29, 0.717) is 18.7 Å². The average molecular weight is 401 g/mol. The molecule has 1 amide bonds. The second-order valence-corrected chi connectivity index (χ2v) is 7.21. The number of amides is 1. The summed E-state index contributed by atoms with van der Waals surface area (Å²) in [6.07, 6.45) is 2.59. The molecule has 0 bridgehead atoms. The Balaban J connectivity index is 1.43. The van der Waals surface area contributed by atoms with Crippen molar-refractivity contribution in [3.63, 3.8) is 0 Å². The Morgan fingerprint density at radius 3 is 2.86 bits per heavy atom. The van der Waals surface area contributed by atoms with Crippen LogP contribution in [0.3, 0.4) is 0 Å². The smallest absolute Gasteiger partial charge is 0.256 e. The van der Waals surface area contributed by atoms with Crippen LogP contribution in [0.25, 0.3) is 10.8 Å². The number of pyridine rings is 1. The molecular formula is C21H18ClFN2O3. The molecule has 0 aliphatic carbocycles. The molecule has 4 rings (SSSR count). The molecule has 1 fully saturated rings. The van der Waals surface area contributed by atoms with Gasteiger partial charge in [0.15, 0.2) is 0 Å². The summed E-state index contributed by atoms with van der Waals surface area (Å²) in [7, 11) is 0. The van der Waals surface area contributed by atoms with Gasteiger partial charge in [0.25, 0.3) is 5.91 Å². The van der Waals surface area contributed by atoms with Gasteiger partial charge in [-0.25, -0.2) is 4.39 Å². The van der Waals surface area contributed by atoms with E-state index < -0.39 is 23.9 Å². The maximum atomic E-state index is 14.0. The number of β-amino-alcohol motifs (C(OH)–C–C–N with tert-alkyl or cyclic N) is 1. The molecule has 1 aromatic heterocycles. The van der Waals surface area contributed by atoms with Crippen LogP contribution < -0.4 is 4.74 Å². The molecule has 1 aliphatic rings. The summed E-state index contributed by atoms with van der Waals surface area (Å²) < 4.78 is 20.0. The number of hydrogen-bond acceptors (Lipinski definition) is 4. The van der Waals surface area contributed by atoms with Crippen molar-refractivity contribution in [1.29, 1.82) is 0 Å². The van der Waals surface area contributed by atoms with Crippen LogP contribution in [-0.2, 0) is 0 Å². The van der Waals surface area contributed by atoms with Gasteiger partial charge in [0.1, 0.15) is 23.8 Å². The average Bonchev–Trinajstić information content (AvgIpc) is 2.69. The monoisotopic (exact) mass is 400 g/mol. The Morgan fingerprint density at radius 1 is 1.21 bits per heavy atom. The van der Waals surface area contributed by atoms with E-state index in [2.05, 4.69) is 4.98 Å². The summed E-state index contributed by atoms with van der Waals surface area (Å²) in [6, 6.07) is 11.5. The number of carbonyl (C=O) groups is 1. The fourth-order valence-corrected chi connectivity index (χ4v) is 3.54. The number of aliphatic hydroxyl groups excluding tert-OH is 1. The number of fused-ring (bicyclic) bond motifs is 1. The lowest BCUT2D eigenvalue weighted by molar-refractivity contribution is -0.0199. The lowest BCUT2D eigenvalue weighted by Crippen LogP contribution is -2.51. The molecule has 7 heteroatoms. The molecule has 0 saturated carbocycles. The molecule has 3 aromatic rings. The van der Waals surface area contributed by atoms with E-state index in [1.54, 1.807) is 12.4 Å². The maximum Gasteiger partial charge on any atom is 0.256 e. The van der Waals surface area contributed by atoms with Crippen molar-refractivity contribution in [3.8, 4) is 5.75 Å². The normalized spacial score (nSPS) is 19.6. The van der Waals surface area contributed by atoms with Crippen LogP contribution in [0.1, 0.15) is 16.8 Å². The second kappa shape index (κ2) is 7.73. The van der Waals surface area contributed by atoms with Crippen LogP contribution in [0.5, 0.6) is 5.75 Å². The van der Waals surface area contributed by atoms with Crippen molar-refractivity contribution in [2.24, 2.45) is 0 Å². The van der Waals surface area contributed by atoms with Crippen LogP contribution in [0, 0.1) is 5.82 Å². The predicted molar refractivity (Wildman–Crippen MR) is 104 cm³/mol. The largest absolute Gasteiger partial charge is 0.488 e. The molecule has 2 atom stereocenters. The zero-order valence-electron chi connectivity index (χ0n) is 14.9. The molecule has 2 heterocycles. The predicted octanol–water partition coefficient (Wildman–Crippen LogP) is 3.68. The Hall–Kier alpha value is -2.70. The van der Waals surface area contributed by atoms with E-state index in [9.17, 15) is 14.3 Å². The summed E-state index contributed by atoms with van der Waals surface area (Å²) in [5.74, 6) is -0.508. The van der Waals surface area contributed by atoms with E-state index in [1.165, 1.54) is 17.0 Å². The van der Waals surface area contributed by atoms with Gasteiger partial charge in [0.2, 0.25) is 0 Å². The molecular weight excluding hydrogens is 383 g/mol. The number of aromatic nitrogens is 1.